The van der Waals surface area contributed by atoms with Crippen LogP contribution in [0.2, 0.25) is 0 Å². The van der Waals surface area contributed by atoms with Gasteiger partial charge in [-0.3, -0.25) is 9.59 Å². The summed E-state index contributed by atoms with van der Waals surface area (Å²) in [6.45, 7) is 2.88. The van der Waals surface area contributed by atoms with Crippen LogP contribution in [-0.2, 0) is 16.0 Å². The molecule has 164 valence electrons. The largest absolute Gasteiger partial charge is 0.497 e. The molecule has 0 bridgehead atoms. The number of carbonyl (C=O) groups excluding carboxylic acids is 2. The Labute approximate surface area is 182 Å². The fraction of sp³-hybridized carbons (Fsp3) is 0.417. The summed E-state index contributed by atoms with van der Waals surface area (Å²) >= 11 is 0. The van der Waals surface area contributed by atoms with Crippen molar-refractivity contribution in [2.45, 2.75) is 19.3 Å². The van der Waals surface area contributed by atoms with Gasteiger partial charge in [-0.1, -0.05) is 18.2 Å². The van der Waals surface area contributed by atoms with Crippen LogP contribution in [0.4, 0.5) is 11.4 Å². The fourth-order valence-electron chi connectivity index (χ4n) is 4.39. The molecule has 4 rings (SSSR count). The van der Waals surface area contributed by atoms with Gasteiger partial charge in [0.25, 0.3) is 0 Å². The van der Waals surface area contributed by atoms with Gasteiger partial charge in [0.2, 0.25) is 11.8 Å². The molecule has 2 aromatic carbocycles. The van der Waals surface area contributed by atoms with Crippen LogP contribution in [0.1, 0.15) is 18.4 Å². The Morgan fingerprint density at radius 1 is 1.13 bits per heavy atom. The van der Waals surface area contributed by atoms with Gasteiger partial charge in [0.1, 0.15) is 11.5 Å². The van der Waals surface area contributed by atoms with Crippen LogP contribution in [-0.4, -0.2) is 52.2 Å². The second-order valence-corrected chi connectivity index (χ2v) is 7.95. The number of fused-ring (bicyclic) bond motifs is 1. The predicted octanol–water partition coefficient (Wildman–Crippen LogP) is 2.63. The molecular weight excluding hydrogens is 394 g/mol. The summed E-state index contributed by atoms with van der Waals surface area (Å²) in [4.78, 5) is 29.3. The monoisotopic (exact) mass is 423 g/mol. The Morgan fingerprint density at radius 3 is 2.77 bits per heavy atom. The molecule has 2 aliphatic rings. The van der Waals surface area contributed by atoms with E-state index in [-0.39, 0.29) is 24.2 Å². The molecule has 1 saturated heterocycles. The van der Waals surface area contributed by atoms with Crippen molar-refractivity contribution in [2.24, 2.45) is 5.92 Å². The second kappa shape index (κ2) is 9.29. The Kier molecular flexibility index (Phi) is 6.30. The molecule has 31 heavy (non-hydrogen) atoms. The first-order valence-corrected chi connectivity index (χ1v) is 10.7. The number of carbonyl (C=O) groups is 2. The van der Waals surface area contributed by atoms with Gasteiger partial charge in [-0.15, -0.1) is 0 Å². The molecule has 1 atom stereocenters. The lowest BCUT2D eigenvalue weighted by atomic mass is 10.1. The fourth-order valence-corrected chi connectivity index (χ4v) is 4.39. The maximum absolute atomic E-state index is 12.7. The molecule has 1 N–H and O–H groups in total. The van der Waals surface area contributed by atoms with Gasteiger partial charge < -0.3 is 24.6 Å². The maximum atomic E-state index is 12.7. The van der Waals surface area contributed by atoms with Gasteiger partial charge >= 0.3 is 0 Å². The summed E-state index contributed by atoms with van der Waals surface area (Å²) in [6.07, 6.45) is 2.15. The molecule has 0 aromatic heterocycles. The summed E-state index contributed by atoms with van der Waals surface area (Å²) in [5.41, 5.74) is 3.33. The van der Waals surface area contributed by atoms with Gasteiger partial charge in [0, 0.05) is 44.4 Å². The van der Waals surface area contributed by atoms with E-state index in [1.165, 1.54) is 11.3 Å². The topological polar surface area (TPSA) is 71.1 Å². The summed E-state index contributed by atoms with van der Waals surface area (Å²) in [5.74, 6) is 0.705. The Hall–Kier alpha value is -3.22. The van der Waals surface area contributed by atoms with Crippen molar-refractivity contribution < 1.29 is 19.1 Å². The predicted molar refractivity (Wildman–Crippen MR) is 120 cm³/mol. The molecule has 0 aliphatic carbocycles. The van der Waals surface area contributed by atoms with Crippen LogP contribution in [0.25, 0.3) is 0 Å². The van der Waals surface area contributed by atoms with E-state index in [0.29, 0.717) is 30.3 Å². The summed E-state index contributed by atoms with van der Waals surface area (Å²) in [5, 5.41) is 3.02. The SMILES string of the molecule is COc1ccc(OC)c(N2C[C@H](C(=O)NCCCN3CCc4ccccc43)CC2=O)c1. The highest BCUT2D eigenvalue weighted by molar-refractivity contribution is 6.01. The van der Waals surface area contributed by atoms with E-state index in [1.807, 2.05) is 0 Å². The van der Waals surface area contributed by atoms with Crippen LogP contribution >= 0.6 is 0 Å². The van der Waals surface area contributed by atoms with E-state index in [9.17, 15) is 9.59 Å². The zero-order valence-electron chi connectivity index (χ0n) is 18.1. The number of ether oxygens (including phenoxy) is 2. The number of para-hydroxylation sites is 1. The maximum Gasteiger partial charge on any atom is 0.227 e. The normalized spacial score (nSPS) is 17.6. The van der Waals surface area contributed by atoms with E-state index in [2.05, 4.69) is 34.5 Å². The Morgan fingerprint density at radius 2 is 1.97 bits per heavy atom. The van der Waals surface area contributed by atoms with Gasteiger partial charge in [0.15, 0.2) is 0 Å². The van der Waals surface area contributed by atoms with Crippen molar-refractivity contribution in [3.63, 3.8) is 0 Å². The molecule has 0 unspecified atom stereocenters. The molecule has 2 aromatic rings. The minimum Gasteiger partial charge on any atom is -0.497 e. The molecular formula is C24H29N3O4. The van der Waals surface area contributed by atoms with E-state index in [1.54, 1.807) is 37.3 Å². The number of nitrogens with one attached hydrogen (secondary N) is 1. The van der Waals surface area contributed by atoms with Gasteiger partial charge in [-0.2, -0.15) is 0 Å². The van der Waals surface area contributed by atoms with Crippen LogP contribution in [0.5, 0.6) is 11.5 Å². The Bertz CT molecular complexity index is 962. The number of hydrogen-bond donors (Lipinski definition) is 1. The number of methoxy groups -OCH3 is 2. The molecule has 2 amide bonds. The quantitative estimate of drug-likeness (QED) is 0.661. The minimum atomic E-state index is -0.365. The van der Waals surface area contributed by atoms with Crippen LogP contribution < -0.4 is 24.6 Å². The highest BCUT2D eigenvalue weighted by Crippen LogP contribution is 2.36. The minimum absolute atomic E-state index is 0.0699. The van der Waals surface area contributed by atoms with Crippen LogP contribution in [0.15, 0.2) is 42.5 Å². The first kappa shape index (κ1) is 21.0. The molecule has 2 heterocycles. The van der Waals surface area contributed by atoms with Gasteiger partial charge in [-0.05, 0) is 36.6 Å². The van der Waals surface area contributed by atoms with E-state index in [4.69, 9.17) is 9.47 Å². The standard InChI is InChI=1S/C24H29N3O4/c1-30-19-8-9-22(31-2)21(15-19)27-16-18(14-23(27)28)24(29)25-11-5-12-26-13-10-17-6-3-4-7-20(17)26/h3-4,6-9,15,18H,5,10-14,16H2,1-2H3,(H,25,29)/t18-/m1/s1. The average Bonchev–Trinajstić information content (AvgIpc) is 3.39. The highest BCUT2D eigenvalue weighted by atomic mass is 16.5. The number of benzene rings is 2. The lowest BCUT2D eigenvalue weighted by Crippen LogP contribution is -2.35. The smallest absolute Gasteiger partial charge is 0.227 e. The van der Waals surface area contributed by atoms with E-state index >= 15 is 0 Å². The van der Waals surface area contributed by atoms with Crippen molar-refractivity contribution in [3.05, 3.63) is 48.0 Å². The van der Waals surface area contributed by atoms with Crippen LogP contribution in [0, 0.1) is 5.92 Å². The highest BCUT2D eigenvalue weighted by Gasteiger charge is 2.36. The lowest BCUT2D eigenvalue weighted by molar-refractivity contribution is -0.126. The molecule has 0 saturated carbocycles. The van der Waals surface area contributed by atoms with E-state index < -0.39 is 0 Å². The molecule has 2 aliphatic heterocycles. The van der Waals surface area contributed by atoms with Gasteiger partial charge in [0.05, 0.1) is 25.8 Å². The van der Waals surface area contributed by atoms with Gasteiger partial charge in [-0.25, -0.2) is 0 Å². The first-order chi connectivity index (χ1) is 15.1. The molecule has 1 fully saturated rings. The van der Waals surface area contributed by atoms with Crippen molar-refractivity contribution in [2.75, 3.05) is 50.2 Å². The molecule has 7 nitrogen and oxygen atoms in total. The third kappa shape index (κ3) is 4.45. The third-order valence-corrected chi connectivity index (χ3v) is 6.06. The number of anilines is 2. The van der Waals surface area contributed by atoms with Crippen molar-refractivity contribution >= 4 is 23.2 Å². The number of nitrogens with zero attached hydrogens (tertiary/aromatic N) is 2. The zero-order chi connectivity index (χ0) is 21.8. The van der Waals surface area contributed by atoms with E-state index in [0.717, 1.165) is 25.9 Å². The average molecular weight is 424 g/mol. The number of hydrogen-bond acceptors (Lipinski definition) is 5. The first-order valence-electron chi connectivity index (χ1n) is 10.7. The summed E-state index contributed by atoms with van der Waals surface area (Å²) in [6, 6.07) is 13.8. The lowest BCUT2D eigenvalue weighted by Gasteiger charge is -2.21. The van der Waals surface area contributed by atoms with Crippen molar-refractivity contribution in [1.29, 1.82) is 0 Å². The van der Waals surface area contributed by atoms with Crippen molar-refractivity contribution in [3.8, 4) is 11.5 Å². The number of rotatable bonds is 8. The zero-order valence-corrected chi connectivity index (χ0v) is 18.1. The third-order valence-electron chi connectivity index (χ3n) is 6.06. The van der Waals surface area contributed by atoms with Crippen LogP contribution in [0.3, 0.4) is 0 Å². The summed E-state index contributed by atoms with van der Waals surface area (Å²) < 4.78 is 10.7. The summed E-state index contributed by atoms with van der Waals surface area (Å²) in [7, 11) is 3.14. The second-order valence-electron chi connectivity index (χ2n) is 7.95. The molecule has 0 radical (unpaired) electrons. The van der Waals surface area contributed by atoms with Crippen molar-refractivity contribution in [1.82, 2.24) is 5.32 Å². The molecule has 0 spiro atoms. The molecule has 7 heteroatoms. The Balaban J connectivity index is 1.29. The number of amides is 2.